The van der Waals surface area contributed by atoms with Crippen molar-refractivity contribution in [3.63, 3.8) is 0 Å². The predicted octanol–water partition coefficient (Wildman–Crippen LogP) is 3.91. The molecule has 2 fully saturated rings. The summed E-state index contributed by atoms with van der Waals surface area (Å²) in [6.07, 6.45) is 3.29. The van der Waals surface area contributed by atoms with Gasteiger partial charge in [-0.1, -0.05) is 16.8 Å². The van der Waals surface area contributed by atoms with Gasteiger partial charge in [-0.15, -0.1) is 0 Å². The SMILES string of the molecule is C[C@H](Oc1ccc(F)cc1Cl)C(=O)N1CCC[C@H](c2noc(C3CC3)n2)C1. The van der Waals surface area contributed by atoms with Gasteiger partial charge in [0.25, 0.3) is 5.91 Å². The van der Waals surface area contributed by atoms with Gasteiger partial charge in [0, 0.05) is 24.9 Å². The molecule has 0 bridgehead atoms. The fourth-order valence-electron chi connectivity index (χ4n) is 3.37. The molecule has 1 aliphatic heterocycles. The van der Waals surface area contributed by atoms with Gasteiger partial charge in [-0.2, -0.15) is 4.98 Å². The van der Waals surface area contributed by atoms with Gasteiger partial charge in [0.15, 0.2) is 11.9 Å². The van der Waals surface area contributed by atoms with Gasteiger partial charge >= 0.3 is 0 Å². The lowest BCUT2D eigenvalue weighted by atomic mass is 9.97. The van der Waals surface area contributed by atoms with Crippen LogP contribution in [0.1, 0.15) is 56.2 Å². The van der Waals surface area contributed by atoms with Crippen molar-refractivity contribution < 1.29 is 18.4 Å². The zero-order chi connectivity index (χ0) is 19.0. The number of piperidine rings is 1. The van der Waals surface area contributed by atoms with E-state index < -0.39 is 11.9 Å². The van der Waals surface area contributed by atoms with E-state index in [-0.39, 0.29) is 16.8 Å². The van der Waals surface area contributed by atoms with E-state index in [0.29, 0.717) is 30.6 Å². The molecule has 1 aromatic heterocycles. The van der Waals surface area contributed by atoms with E-state index in [0.717, 1.165) is 31.6 Å². The van der Waals surface area contributed by atoms with Gasteiger partial charge in [0.1, 0.15) is 11.6 Å². The third kappa shape index (κ3) is 4.08. The van der Waals surface area contributed by atoms with Crippen molar-refractivity contribution in [1.82, 2.24) is 15.0 Å². The molecule has 2 heterocycles. The molecule has 8 heteroatoms. The standard InChI is InChI=1S/C19H21ClFN3O3/c1-11(26-16-7-6-14(21)9-15(16)20)19(25)24-8-2-3-13(10-24)17-22-18(27-23-17)12-4-5-12/h6-7,9,11-13H,2-5,8,10H2,1H3/t11-,13-/m0/s1. The molecule has 0 unspecified atom stereocenters. The van der Waals surface area contributed by atoms with Gasteiger partial charge < -0.3 is 14.2 Å². The van der Waals surface area contributed by atoms with E-state index in [4.69, 9.17) is 20.9 Å². The van der Waals surface area contributed by atoms with Crippen LogP contribution in [0, 0.1) is 5.82 Å². The summed E-state index contributed by atoms with van der Waals surface area (Å²) in [6.45, 7) is 2.87. The number of likely N-dealkylation sites (tertiary alicyclic amines) is 1. The normalized spacial score (nSPS) is 21.1. The van der Waals surface area contributed by atoms with Crippen LogP contribution >= 0.6 is 11.6 Å². The van der Waals surface area contributed by atoms with Crippen molar-refractivity contribution in [3.8, 4) is 5.75 Å². The van der Waals surface area contributed by atoms with E-state index in [1.165, 1.54) is 18.2 Å². The molecule has 4 rings (SSSR count). The lowest BCUT2D eigenvalue weighted by Crippen LogP contribution is -2.45. The highest BCUT2D eigenvalue weighted by Gasteiger charge is 2.34. The third-order valence-electron chi connectivity index (χ3n) is 5.03. The van der Waals surface area contributed by atoms with Crippen molar-refractivity contribution in [1.29, 1.82) is 0 Å². The number of ether oxygens (including phenoxy) is 1. The van der Waals surface area contributed by atoms with E-state index in [9.17, 15) is 9.18 Å². The quantitative estimate of drug-likeness (QED) is 0.770. The Labute approximate surface area is 161 Å². The monoisotopic (exact) mass is 393 g/mol. The Kier molecular flexibility index (Phi) is 5.04. The minimum Gasteiger partial charge on any atom is -0.479 e. The Balaban J connectivity index is 1.39. The fraction of sp³-hybridized carbons (Fsp3) is 0.526. The van der Waals surface area contributed by atoms with E-state index in [1.54, 1.807) is 11.8 Å². The highest BCUT2D eigenvalue weighted by Crippen LogP contribution is 2.39. The van der Waals surface area contributed by atoms with Crippen LogP contribution in [0.5, 0.6) is 5.75 Å². The summed E-state index contributed by atoms with van der Waals surface area (Å²) in [6, 6.07) is 3.85. The molecule has 6 nitrogen and oxygen atoms in total. The molecule has 1 saturated carbocycles. The number of carbonyl (C=O) groups is 1. The average molecular weight is 394 g/mol. The number of halogens is 2. The van der Waals surface area contributed by atoms with Crippen molar-refractivity contribution in [2.24, 2.45) is 0 Å². The molecule has 1 saturated heterocycles. The molecule has 27 heavy (non-hydrogen) atoms. The summed E-state index contributed by atoms with van der Waals surface area (Å²) in [5.41, 5.74) is 0. The van der Waals surface area contributed by atoms with Crippen molar-refractivity contribution in [2.75, 3.05) is 13.1 Å². The van der Waals surface area contributed by atoms with Crippen LogP contribution in [0.2, 0.25) is 5.02 Å². The van der Waals surface area contributed by atoms with Crippen LogP contribution in [0.4, 0.5) is 4.39 Å². The molecular weight excluding hydrogens is 373 g/mol. The van der Waals surface area contributed by atoms with Crippen LogP contribution in [0.3, 0.4) is 0 Å². The molecule has 0 spiro atoms. The van der Waals surface area contributed by atoms with E-state index >= 15 is 0 Å². The molecule has 2 aliphatic rings. The Morgan fingerprint density at radius 1 is 1.37 bits per heavy atom. The zero-order valence-electron chi connectivity index (χ0n) is 15.0. The Morgan fingerprint density at radius 2 is 2.19 bits per heavy atom. The lowest BCUT2D eigenvalue weighted by molar-refractivity contribution is -0.139. The second kappa shape index (κ2) is 7.46. The maximum Gasteiger partial charge on any atom is 0.263 e. The molecular formula is C19H21ClFN3O3. The number of amides is 1. The van der Waals surface area contributed by atoms with Gasteiger partial charge in [-0.3, -0.25) is 4.79 Å². The summed E-state index contributed by atoms with van der Waals surface area (Å²) in [5, 5.41) is 4.26. The fourth-order valence-corrected chi connectivity index (χ4v) is 3.58. The van der Waals surface area contributed by atoms with Gasteiger partial charge in [0.2, 0.25) is 5.89 Å². The van der Waals surface area contributed by atoms with Gasteiger partial charge in [0.05, 0.1) is 5.02 Å². The number of nitrogens with zero attached hydrogens (tertiary/aromatic N) is 3. The minimum atomic E-state index is -0.723. The van der Waals surface area contributed by atoms with Crippen molar-refractivity contribution in [2.45, 2.75) is 50.5 Å². The maximum atomic E-state index is 13.2. The Bertz CT molecular complexity index is 839. The molecule has 2 atom stereocenters. The summed E-state index contributed by atoms with van der Waals surface area (Å²) in [5.74, 6) is 1.60. The van der Waals surface area contributed by atoms with Crippen LogP contribution < -0.4 is 4.74 Å². The Hall–Kier alpha value is -2.15. The van der Waals surface area contributed by atoms with Gasteiger partial charge in [-0.25, -0.2) is 4.39 Å². The first-order chi connectivity index (χ1) is 13.0. The van der Waals surface area contributed by atoms with E-state index in [2.05, 4.69) is 10.1 Å². The number of benzene rings is 1. The third-order valence-corrected chi connectivity index (χ3v) is 5.32. The Morgan fingerprint density at radius 3 is 2.93 bits per heavy atom. The maximum absolute atomic E-state index is 13.2. The zero-order valence-corrected chi connectivity index (χ0v) is 15.8. The summed E-state index contributed by atoms with van der Waals surface area (Å²) in [7, 11) is 0. The molecule has 1 aliphatic carbocycles. The van der Waals surface area contributed by atoms with Crippen LogP contribution in [-0.2, 0) is 4.79 Å². The lowest BCUT2D eigenvalue weighted by Gasteiger charge is -2.33. The minimum absolute atomic E-state index is 0.0700. The van der Waals surface area contributed by atoms with Crippen LogP contribution in [0.25, 0.3) is 0 Å². The predicted molar refractivity (Wildman–Crippen MR) is 96.3 cm³/mol. The number of aromatic nitrogens is 2. The average Bonchev–Trinajstić information content (AvgIpc) is 3.40. The van der Waals surface area contributed by atoms with Crippen LogP contribution in [0.15, 0.2) is 22.7 Å². The number of hydrogen-bond acceptors (Lipinski definition) is 5. The molecule has 0 N–H and O–H groups in total. The topological polar surface area (TPSA) is 68.5 Å². The van der Waals surface area contributed by atoms with Gasteiger partial charge in [-0.05, 0) is 50.8 Å². The summed E-state index contributed by atoms with van der Waals surface area (Å²) >= 11 is 5.98. The number of hydrogen-bond donors (Lipinski definition) is 0. The molecule has 0 radical (unpaired) electrons. The molecule has 144 valence electrons. The summed E-state index contributed by atoms with van der Waals surface area (Å²) < 4.78 is 24.2. The highest BCUT2D eigenvalue weighted by molar-refractivity contribution is 6.32. The number of rotatable bonds is 5. The largest absolute Gasteiger partial charge is 0.479 e. The first-order valence-corrected chi connectivity index (χ1v) is 9.63. The smallest absolute Gasteiger partial charge is 0.263 e. The first-order valence-electron chi connectivity index (χ1n) is 9.25. The first kappa shape index (κ1) is 18.2. The van der Waals surface area contributed by atoms with Crippen molar-refractivity contribution >= 4 is 17.5 Å². The summed E-state index contributed by atoms with van der Waals surface area (Å²) in [4.78, 5) is 19.1. The molecule has 1 aromatic carbocycles. The number of carbonyl (C=O) groups excluding carboxylic acids is 1. The second-order valence-corrected chi connectivity index (χ2v) is 7.63. The highest BCUT2D eigenvalue weighted by atomic mass is 35.5. The van der Waals surface area contributed by atoms with Crippen molar-refractivity contribution in [3.05, 3.63) is 40.8 Å². The molecule has 1 amide bonds. The molecule has 2 aromatic rings. The van der Waals surface area contributed by atoms with E-state index in [1.807, 2.05) is 0 Å². The van der Waals surface area contributed by atoms with Crippen LogP contribution in [-0.4, -0.2) is 40.1 Å². The second-order valence-electron chi connectivity index (χ2n) is 7.22.